The molecule has 0 aliphatic carbocycles. The molecule has 25 heteroatoms. The van der Waals surface area contributed by atoms with E-state index in [1.807, 2.05) is 94.3 Å². The summed E-state index contributed by atoms with van der Waals surface area (Å²) in [6, 6.07) is 22.4. The van der Waals surface area contributed by atoms with E-state index in [0.717, 1.165) is 152 Å². The number of fused-ring (bicyclic) bond motifs is 6. The van der Waals surface area contributed by atoms with E-state index in [-0.39, 0.29) is 23.3 Å². The van der Waals surface area contributed by atoms with Gasteiger partial charge in [-0.05, 0) is 50.0 Å². The normalized spacial score (nSPS) is 15.4. The lowest BCUT2D eigenvalue weighted by molar-refractivity contribution is 0.188. The van der Waals surface area contributed by atoms with Crippen LogP contribution in [0.4, 0.5) is 17.5 Å². The molecule has 0 bridgehead atoms. The number of benzene rings is 3. The first-order valence-corrected chi connectivity index (χ1v) is 29.3. The molecule has 87 heavy (non-hydrogen) atoms. The van der Waals surface area contributed by atoms with Crippen LogP contribution in [0.5, 0.6) is 0 Å². The van der Waals surface area contributed by atoms with Crippen molar-refractivity contribution in [1.29, 1.82) is 0 Å². The zero-order valence-corrected chi connectivity index (χ0v) is 49.3. The fraction of sp³-hybridized carbons (Fsp3) is 0.323. The summed E-state index contributed by atoms with van der Waals surface area (Å²) in [4.78, 5) is 79.6. The largest absolute Gasteiger partial charge is 0.395 e. The third kappa shape index (κ3) is 12.0. The highest BCUT2D eigenvalue weighted by molar-refractivity contribution is 5.85. The van der Waals surface area contributed by atoms with Crippen LogP contribution in [0, 0.1) is 0 Å². The number of aliphatic hydroxyl groups is 1. The molecule has 25 nitrogen and oxygen atoms in total. The highest BCUT2D eigenvalue weighted by Crippen LogP contribution is 2.26. The minimum Gasteiger partial charge on any atom is -0.395 e. The standard InChI is InChI=1S/C21H23N7O2.C21H23N7O.C20H21N7O/c1-25-13-16-10-15(2-3-17(16)24-25)18-11-21(30)28-14-20(22-12-19(28)23-18)27-6-4-26(5-7-27)8-9-29;1-3-26-6-8-27(9-7-26)20-14-28-19(12-22-20)23-18(11-21(28)29)15-4-5-17-16(10-15)13-25(2)24-17;1-24-5-7-26(8-6-24)19-13-27-18(11-21-19)22-17(10-20(27)28)14-3-4-16-15(9-14)12-25(2)23-16/h2-3,10-14,29H,4-9H2,1H3;4-5,10-14H,3,6-9H2,1-2H3;3-4,9-13H,5-8H2,1-2H3. The first kappa shape index (κ1) is 56.3. The fourth-order valence-corrected chi connectivity index (χ4v) is 11.5. The molecule has 0 unspecified atom stereocenters. The maximum absolute atomic E-state index is 12.8. The summed E-state index contributed by atoms with van der Waals surface area (Å²) in [5, 5.41) is 25.3. The van der Waals surface area contributed by atoms with E-state index in [2.05, 4.69) is 88.6 Å². The van der Waals surface area contributed by atoms with Crippen molar-refractivity contribution in [2.24, 2.45) is 21.1 Å². The Balaban J connectivity index is 0.000000121. The molecule has 3 aromatic carbocycles. The van der Waals surface area contributed by atoms with E-state index in [1.165, 1.54) is 0 Å². The van der Waals surface area contributed by atoms with Gasteiger partial charge >= 0.3 is 0 Å². The second kappa shape index (κ2) is 23.9. The van der Waals surface area contributed by atoms with Crippen molar-refractivity contribution in [2.75, 3.05) is 120 Å². The molecule has 0 radical (unpaired) electrons. The Labute approximate surface area is 498 Å². The van der Waals surface area contributed by atoms with Gasteiger partial charge in [0.2, 0.25) is 0 Å². The predicted molar refractivity (Wildman–Crippen MR) is 337 cm³/mol. The van der Waals surface area contributed by atoms with Gasteiger partial charge in [-0.3, -0.25) is 46.5 Å². The molecule has 12 aromatic rings. The van der Waals surface area contributed by atoms with E-state index in [9.17, 15) is 14.4 Å². The van der Waals surface area contributed by atoms with Gasteiger partial charge in [-0.2, -0.15) is 15.3 Å². The number of likely N-dealkylation sites (N-methyl/N-ethyl adjacent to an activating group) is 2. The van der Waals surface area contributed by atoms with Gasteiger partial charge < -0.3 is 29.6 Å². The smallest absolute Gasteiger partial charge is 0.258 e. The van der Waals surface area contributed by atoms with E-state index in [0.29, 0.717) is 40.6 Å². The number of piperazine rings is 3. The Hall–Kier alpha value is -9.82. The van der Waals surface area contributed by atoms with Gasteiger partial charge in [-0.25, -0.2) is 29.9 Å². The van der Waals surface area contributed by atoms with Crippen molar-refractivity contribution < 1.29 is 5.11 Å². The van der Waals surface area contributed by atoms with Gasteiger partial charge in [0.05, 0.1) is 77.4 Å². The van der Waals surface area contributed by atoms with Gasteiger partial charge in [0, 0.05) is 176 Å². The minimum atomic E-state index is -0.135. The first-order valence-electron chi connectivity index (χ1n) is 29.3. The lowest BCUT2D eigenvalue weighted by atomic mass is 10.1. The third-order valence-corrected chi connectivity index (χ3v) is 16.4. The number of nitrogens with zero attached hydrogens (tertiary/aromatic N) is 21. The Morgan fingerprint density at radius 3 is 1.08 bits per heavy atom. The van der Waals surface area contributed by atoms with Crippen LogP contribution < -0.4 is 31.4 Å². The zero-order chi connectivity index (χ0) is 59.9. The zero-order valence-electron chi connectivity index (χ0n) is 49.3. The summed E-state index contributed by atoms with van der Waals surface area (Å²) in [6.45, 7) is 15.1. The molecule has 444 valence electrons. The molecule has 9 aromatic heterocycles. The molecule has 0 saturated carbocycles. The van der Waals surface area contributed by atoms with Crippen molar-refractivity contribution in [3.63, 3.8) is 0 Å². The van der Waals surface area contributed by atoms with Crippen LogP contribution in [0.1, 0.15) is 6.92 Å². The van der Waals surface area contributed by atoms with E-state index < -0.39 is 0 Å². The maximum Gasteiger partial charge on any atom is 0.258 e. The molecule has 1 N–H and O–H groups in total. The maximum atomic E-state index is 12.8. The number of aliphatic hydroxyl groups excluding tert-OH is 1. The average molecular weight is 1170 g/mol. The number of hydrogen-bond donors (Lipinski definition) is 1. The van der Waals surface area contributed by atoms with Crippen LogP contribution in [0.15, 0.2) is 143 Å². The molecular weight excluding hydrogens is 1100 g/mol. The van der Waals surface area contributed by atoms with Crippen LogP contribution in [-0.4, -0.2) is 198 Å². The number of aryl methyl sites for hydroxylation is 3. The van der Waals surface area contributed by atoms with Gasteiger partial charge in [0.15, 0.2) is 16.9 Å². The first-order chi connectivity index (χ1) is 42.3. The van der Waals surface area contributed by atoms with E-state index in [4.69, 9.17) is 5.11 Å². The molecule has 3 fully saturated rings. The highest BCUT2D eigenvalue weighted by atomic mass is 16.3. The van der Waals surface area contributed by atoms with Gasteiger partial charge in [0.25, 0.3) is 16.7 Å². The van der Waals surface area contributed by atoms with Crippen LogP contribution in [0.25, 0.3) is 83.4 Å². The Kier molecular flexibility index (Phi) is 15.5. The summed E-state index contributed by atoms with van der Waals surface area (Å²) < 4.78 is 10.0. The third-order valence-electron chi connectivity index (χ3n) is 16.4. The SMILES string of the molecule is CCN1CCN(c2cn3c(=O)cc(-c4ccc5nn(C)cc5c4)nc3cn2)CC1.CN1CCN(c2cn3c(=O)cc(-c4ccc5nn(C)cc5c4)nc3cn2)CC1.Cn1cc2cc(-c3cc(=O)n4cc(N5CCN(CCO)CC5)ncc4n3)ccc2n1. The van der Waals surface area contributed by atoms with Gasteiger partial charge in [-0.15, -0.1) is 0 Å². The van der Waals surface area contributed by atoms with Gasteiger partial charge in [-0.1, -0.05) is 25.1 Å². The minimum absolute atomic E-state index is 0.105. The summed E-state index contributed by atoms with van der Waals surface area (Å²) in [6.07, 6.45) is 16.3. The second-order valence-corrected chi connectivity index (χ2v) is 22.4. The number of β-amino-alcohol motifs (C(OH)–C–C–N with tert-alkyl or cyclic N) is 1. The van der Waals surface area contributed by atoms with Crippen molar-refractivity contribution in [2.45, 2.75) is 6.92 Å². The van der Waals surface area contributed by atoms with Crippen molar-refractivity contribution in [3.05, 3.63) is 160 Å². The lowest BCUT2D eigenvalue weighted by Gasteiger charge is -2.34. The monoisotopic (exact) mass is 1170 g/mol. The van der Waals surface area contributed by atoms with Crippen LogP contribution in [-0.2, 0) is 21.1 Å². The fourth-order valence-electron chi connectivity index (χ4n) is 11.5. The topological polar surface area (TPSA) is 235 Å². The lowest BCUT2D eigenvalue weighted by Crippen LogP contribution is -2.47. The Morgan fingerprint density at radius 2 is 0.747 bits per heavy atom. The van der Waals surface area contributed by atoms with E-state index >= 15 is 0 Å². The Bertz CT molecular complexity index is 4700. The highest BCUT2D eigenvalue weighted by Gasteiger charge is 2.22. The predicted octanol–water partition coefficient (Wildman–Crippen LogP) is 3.94. The summed E-state index contributed by atoms with van der Waals surface area (Å²) >= 11 is 0. The molecule has 0 spiro atoms. The summed E-state index contributed by atoms with van der Waals surface area (Å²) in [5.74, 6) is 2.40. The van der Waals surface area contributed by atoms with Crippen molar-refractivity contribution in [3.8, 4) is 33.8 Å². The van der Waals surface area contributed by atoms with Crippen LogP contribution in [0.2, 0.25) is 0 Å². The second-order valence-electron chi connectivity index (χ2n) is 22.4. The molecule has 15 rings (SSSR count). The van der Waals surface area contributed by atoms with Crippen molar-refractivity contribution >= 4 is 67.1 Å². The van der Waals surface area contributed by atoms with Crippen LogP contribution in [0.3, 0.4) is 0 Å². The molecule has 0 amide bonds. The Morgan fingerprint density at radius 1 is 0.414 bits per heavy atom. The molecule has 3 saturated heterocycles. The summed E-state index contributed by atoms with van der Waals surface area (Å²) in [7, 11) is 7.79. The number of rotatable bonds is 9. The average Bonchev–Trinajstić information content (AvgIpc) is 1.99. The van der Waals surface area contributed by atoms with Crippen molar-refractivity contribution in [1.82, 2.24) is 87.1 Å². The molecule has 0 atom stereocenters. The van der Waals surface area contributed by atoms with Crippen LogP contribution >= 0.6 is 0 Å². The molecule has 12 heterocycles. The quantitative estimate of drug-likeness (QED) is 0.216. The van der Waals surface area contributed by atoms with Gasteiger partial charge in [0.1, 0.15) is 17.5 Å². The number of aromatic nitrogens is 15. The molecular formula is C62H67N21O4. The molecule has 3 aliphatic rings. The number of anilines is 3. The number of hydrogen-bond acceptors (Lipinski definition) is 19. The summed E-state index contributed by atoms with van der Waals surface area (Å²) in [5.41, 5.74) is 8.59. The van der Waals surface area contributed by atoms with E-state index in [1.54, 1.807) is 82.6 Å². The molecule has 3 aliphatic heterocycles.